The highest BCUT2D eigenvalue weighted by atomic mass is 79.9. The van der Waals surface area contributed by atoms with Crippen LogP contribution in [0.25, 0.3) is 0 Å². The average Bonchev–Trinajstić information content (AvgIpc) is 2.62. The predicted octanol–water partition coefficient (Wildman–Crippen LogP) is 3.44. The van der Waals surface area contributed by atoms with E-state index in [4.69, 9.17) is 10.8 Å². The Kier molecular flexibility index (Phi) is 5.00. The molecule has 1 aliphatic rings. The van der Waals surface area contributed by atoms with Gasteiger partial charge in [-0.25, -0.2) is 5.84 Å². The first kappa shape index (κ1) is 13.1. The molecule has 0 amide bonds. The van der Waals surface area contributed by atoms with E-state index in [9.17, 15) is 0 Å². The van der Waals surface area contributed by atoms with Crippen LogP contribution in [-0.2, 0) is 0 Å². The van der Waals surface area contributed by atoms with Gasteiger partial charge in [-0.3, -0.25) is 4.99 Å². The van der Waals surface area contributed by atoms with E-state index in [1.54, 1.807) is 11.3 Å². The van der Waals surface area contributed by atoms with Crippen LogP contribution in [0, 0.1) is 0 Å². The first-order valence-corrected chi connectivity index (χ1v) is 7.75. The molecule has 1 fully saturated rings. The maximum atomic E-state index is 5.58. The fourth-order valence-electron chi connectivity index (χ4n) is 2.20. The molecule has 0 spiro atoms. The van der Waals surface area contributed by atoms with Crippen molar-refractivity contribution in [3.05, 3.63) is 20.8 Å². The Balaban J connectivity index is 2.10. The first-order valence-electron chi connectivity index (χ1n) is 6.08. The van der Waals surface area contributed by atoms with Gasteiger partial charge < -0.3 is 5.43 Å². The highest BCUT2D eigenvalue weighted by Gasteiger charge is 2.13. The number of halogens is 1. The summed E-state index contributed by atoms with van der Waals surface area (Å²) in [5, 5.41) is 2.07. The topological polar surface area (TPSA) is 50.4 Å². The summed E-state index contributed by atoms with van der Waals surface area (Å²) in [6, 6.07) is 2.49. The van der Waals surface area contributed by atoms with Gasteiger partial charge in [0.1, 0.15) is 5.84 Å². The summed E-state index contributed by atoms with van der Waals surface area (Å²) < 4.78 is 1.11. The van der Waals surface area contributed by atoms with Crippen molar-refractivity contribution in [1.29, 1.82) is 0 Å². The standard InChI is InChI=1S/C12H18BrN3S/c13-11-7-9(8-17-11)12(16-14)15-10-5-3-1-2-4-6-10/h7-8,10H,1-6,14H2,(H,15,16). The van der Waals surface area contributed by atoms with Gasteiger partial charge in [-0.05, 0) is 34.8 Å². The predicted molar refractivity (Wildman–Crippen MR) is 77.4 cm³/mol. The highest BCUT2D eigenvalue weighted by Crippen LogP contribution is 2.23. The molecule has 1 saturated carbocycles. The second-order valence-electron chi connectivity index (χ2n) is 4.41. The summed E-state index contributed by atoms with van der Waals surface area (Å²) in [7, 11) is 0. The number of hydrazine groups is 1. The number of hydrogen-bond acceptors (Lipinski definition) is 3. The molecule has 0 bridgehead atoms. The van der Waals surface area contributed by atoms with Crippen LogP contribution in [0.3, 0.4) is 0 Å². The number of nitrogens with one attached hydrogen (secondary N) is 1. The van der Waals surface area contributed by atoms with Crippen molar-refractivity contribution >= 4 is 33.1 Å². The molecule has 5 heteroatoms. The Morgan fingerprint density at radius 2 is 2.06 bits per heavy atom. The average molecular weight is 316 g/mol. The first-order chi connectivity index (χ1) is 8.29. The normalized spacial score (nSPS) is 19.1. The van der Waals surface area contributed by atoms with Crippen LogP contribution < -0.4 is 11.3 Å². The van der Waals surface area contributed by atoms with E-state index in [0.717, 1.165) is 15.2 Å². The molecule has 3 nitrogen and oxygen atoms in total. The minimum atomic E-state index is 0.433. The monoisotopic (exact) mass is 315 g/mol. The lowest BCUT2D eigenvalue weighted by Crippen LogP contribution is -2.32. The van der Waals surface area contributed by atoms with Crippen molar-refractivity contribution in [2.24, 2.45) is 10.8 Å². The van der Waals surface area contributed by atoms with E-state index in [-0.39, 0.29) is 0 Å². The van der Waals surface area contributed by atoms with Gasteiger partial charge in [0.2, 0.25) is 0 Å². The lowest BCUT2D eigenvalue weighted by molar-refractivity contribution is 0.583. The molecule has 0 atom stereocenters. The summed E-state index contributed by atoms with van der Waals surface area (Å²) >= 11 is 5.12. The fourth-order valence-corrected chi connectivity index (χ4v) is 3.34. The smallest absolute Gasteiger partial charge is 0.143 e. The van der Waals surface area contributed by atoms with Crippen LogP contribution in [0.5, 0.6) is 0 Å². The Morgan fingerprint density at radius 3 is 2.59 bits per heavy atom. The third-order valence-electron chi connectivity index (χ3n) is 3.11. The molecule has 3 N–H and O–H groups in total. The molecule has 1 aliphatic carbocycles. The largest absolute Gasteiger partial charge is 0.308 e. The second-order valence-corrected chi connectivity index (χ2v) is 6.70. The molecule has 1 aromatic heterocycles. The van der Waals surface area contributed by atoms with E-state index in [2.05, 4.69) is 32.8 Å². The van der Waals surface area contributed by atoms with E-state index >= 15 is 0 Å². The van der Waals surface area contributed by atoms with Gasteiger partial charge in [-0.15, -0.1) is 11.3 Å². The van der Waals surface area contributed by atoms with E-state index < -0.39 is 0 Å². The number of hydrogen-bond donors (Lipinski definition) is 2. The van der Waals surface area contributed by atoms with Crippen LogP contribution in [0.4, 0.5) is 0 Å². The third kappa shape index (κ3) is 3.79. The minimum absolute atomic E-state index is 0.433. The number of amidine groups is 1. The molecule has 1 heterocycles. The van der Waals surface area contributed by atoms with Crippen molar-refractivity contribution < 1.29 is 0 Å². The van der Waals surface area contributed by atoms with Gasteiger partial charge in [-0.1, -0.05) is 25.7 Å². The molecule has 2 rings (SSSR count). The number of nitrogens with two attached hydrogens (primary N) is 1. The molecule has 17 heavy (non-hydrogen) atoms. The Morgan fingerprint density at radius 1 is 1.35 bits per heavy atom. The lowest BCUT2D eigenvalue weighted by Gasteiger charge is -2.11. The zero-order valence-corrected chi connectivity index (χ0v) is 12.2. The van der Waals surface area contributed by atoms with Crippen molar-refractivity contribution in [2.75, 3.05) is 0 Å². The fraction of sp³-hybridized carbons (Fsp3) is 0.583. The highest BCUT2D eigenvalue weighted by molar-refractivity contribution is 9.11. The Bertz CT molecular complexity index is 381. The molecule has 0 radical (unpaired) electrons. The van der Waals surface area contributed by atoms with Crippen LogP contribution >= 0.6 is 27.3 Å². The van der Waals surface area contributed by atoms with Gasteiger partial charge >= 0.3 is 0 Å². The number of nitrogens with zero attached hydrogens (tertiary/aromatic N) is 1. The van der Waals surface area contributed by atoms with Gasteiger partial charge in [0.25, 0.3) is 0 Å². The summed E-state index contributed by atoms with van der Waals surface area (Å²) in [5.74, 6) is 6.40. The SMILES string of the molecule is NNC(=NC1CCCCCC1)c1csc(Br)c1. The van der Waals surface area contributed by atoms with Crippen LogP contribution in [0.1, 0.15) is 44.1 Å². The van der Waals surface area contributed by atoms with Gasteiger partial charge in [0, 0.05) is 10.9 Å². The zero-order chi connectivity index (χ0) is 12.1. The van der Waals surface area contributed by atoms with Crippen LogP contribution in [0.2, 0.25) is 0 Å². The quantitative estimate of drug-likeness (QED) is 0.289. The van der Waals surface area contributed by atoms with Gasteiger partial charge in [-0.2, -0.15) is 0 Å². The van der Waals surface area contributed by atoms with Crippen molar-refractivity contribution in [3.8, 4) is 0 Å². The van der Waals surface area contributed by atoms with Crippen molar-refractivity contribution in [1.82, 2.24) is 5.43 Å². The molecule has 0 unspecified atom stereocenters. The molecule has 1 aromatic rings. The Hall–Kier alpha value is -0.390. The summed E-state index contributed by atoms with van der Waals surface area (Å²) in [6.07, 6.45) is 7.66. The molecule has 94 valence electrons. The number of thiophene rings is 1. The maximum absolute atomic E-state index is 5.58. The van der Waals surface area contributed by atoms with E-state index in [1.807, 2.05) is 0 Å². The number of aliphatic imine (C=N–C) groups is 1. The van der Waals surface area contributed by atoms with Gasteiger partial charge in [0.15, 0.2) is 0 Å². The maximum Gasteiger partial charge on any atom is 0.143 e. The molecule has 0 aromatic carbocycles. The molecular weight excluding hydrogens is 298 g/mol. The lowest BCUT2D eigenvalue weighted by atomic mass is 10.1. The van der Waals surface area contributed by atoms with E-state index in [0.29, 0.717) is 6.04 Å². The Labute approximate surface area is 115 Å². The molecule has 0 saturated heterocycles. The third-order valence-corrected chi connectivity index (χ3v) is 4.62. The summed E-state index contributed by atoms with van der Waals surface area (Å²) in [5.41, 5.74) is 3.81. The number of rotatable bonds is 2. The summed E-state index contributed by atoms with van der Waals surface area (Å²) in [6.45, 7) is 0. The van der Waals surface area contributed by atoms with E-state index in [1.165, 1.54) is 38.5 Å². The second kappa shape index (κ2) is 6.52. The summed E-state index contributed by atoms with van der Waals surface area (Å²) in [4.78, 5) is 4.76. The van der Waals surface area contributed by atoms with Crippen molar-refractivity contribution in [2.45, 2.75) is 44.6 Å². The van der Waals surface area contributed by atoms with Crippen molar-refractivity contribution in [3.63, 3.8) is 0 Å². The molecule has 0 aliphatic heterocycles. The van der Waals surface area contributed by atoms with Crippen LogP contribution in [-0.4, -0.2) is 11.9 Å². The molecular formula is C12H18BrN3S. The zero-order valence-electron chi connectivity index (χ0n) is 9.79. The van der Waals surface area contributed by atoms with Crippen LogP contribution in [0.15, 0.2) is 20.2 Å². The minimum Gasteiger partial charge on any atom is -0.308 e. The van der Waals surface area contributed by atoms with Gasteiger partial charge in [0.05, 0.1) is 9.83 Å².